The van der Waals surface area contributed by atoms with Gasteiger partial charge in [0.15, 0.2) is 11.6 Å². The summed E-state index contributed by atoms with van der Waals surface area (Å²) in [6.07, 6.45) is 0.204. The Hall–Kier alpha value is -2.36. The predicted octanol–water partition coefficient (Wildman–Crippen LogP) is 3.51. The summed E-state index contributed by atoms with van der Waals surface area (Å²) >= 11 is 0. The molecule has 0 aliphatic rings. The number of ether oxygens (including phenoxy) is 1. The monoisotopic (exact) mass is 301 g/mol. The number of para-hydroxylation sites is 1. The largest absolute Gasteiger partial charge is 0.490 e. The zero-order valence-corrected chi connectivity index (χ0v) is 12.6. The van der Waals surface area contributed by atoms with Gasteiger partial charge in [0.2, 0.25) is 5.91 Å². The van der Waals surface area contributed by atoms with Gasteiger partial charge in [-0.3, -0.25) is 4.79 Å². The van der Waals surface area contributed by atoms with Crippen LogP contribution in [0.2, 0.25) is 0 Å². The van der Waals surface area contributed by atoms with E-state index < -0.39 is 5.82 Å². The van der Waals surface area contributed by atoms with Crippen LogP contribution >= 0.6 is 0 Å². The van der Waals surface area contributed by atoms with Crippen molar-refractivity contribution in [3.63, 3.8) is 0 Å². The number of carbonyl (C=O) groups is 1. The zero-order chi connectivity index (χ0) is 15.8. The van der Waals surface area contributed by atoms with Crippen LogP contribution in [0.3, 0.4) is 0 Å². The second-order valence-electron chi connectivity index (χ2n) is 5.14. The van der Waals surface area contributed by atoms with Crippen molar-refractivity contribution in [3.8, 4) is 5.75 Å². The quantitative estimate of drug-likeness (QED) is 0.850. The van der Waals surface area contributed by atoms with E-state index in [0.29, 0.717) is 6.54 Å². The molecule has 0 aromatic heterocycles. The summed E-state index contributed by atoms with van der Waals surface area (Å²) in [6.45, 7) is 2.79. The zero-order valence-electron chi connectivity index (χ0n) is 12.6. The van der Waals surface area contributed by atoms with Gasteiger partial charge in [-0.1, -0.05) is 49.4 Å². The molecule has 1 unspecified atom stereocenters. The molecule has 22 heavy (non-hydrogen) atoms. The fourth-order valence-corrected chi connectivity index (χ4v) is 2.07. The molecule has 0 radical (unpaired) electrons. The van der Waals surface area contributed by atoms with E-state index >= 15 is 0 Å². The first kappa shape index (κ1) is 16.0. The SMILES string of the molecule is CC(CNC(=O)CCOc1ccccc1F)c1ccccc1. The van der Waals surface area contributed by atoms with Crippen LogP contribution in [0.4, 0.5) is 4.39 Å². The molecule has 0 aliphatic heterocycles. The van der Waals surface area contributed by atoms with Crippen LogP contribution in [-0.2, 0) is 4.79 Å². The molecular weight excluding hydrogens is 281 g/mol. The van der Waals surface area contributed by atoms with Gasteiger partial charge < -0.3 is 10.1 Å². The first-order valence-electron chi connectivity index (χ1n) is 7.36. The van der Waals surface area contributed by atoms with Crippen molar-refractivity contribution < 1.29 is 13.9 Å². The number of rotatable bonds is 7. The van der Waals surface area contributed by atoms with Gasteiger partial charge >= 0.3 is 0 Å². The Morgan fingerprint density at radius 1 is 1.14 bits per heavy atom. The third-order valence-electron chi connectivity index (χ3n) is 3.40. The second kappa shape index (κ2) is 8.17. The van der Waals surface area contributed by atoms with E-state index in [0.717, 1.165) is 0 Å². The maximum atomic E-state index is 13.3. The molecule has 0 saturated carbocycles. The van der Waals surface area contributed by atoms with E-state index in [1.165, 1.54) is 11.6 Å². The molecule has 0 spiro atoms. The first-order chi connectivity index (χ1) is 10.7. The highest BCUT2D eigenvalue weighted by molar-refractivity contribution is 5.76. The van der Waals surface area contributed by atoms with E-state index in [1.54, 1.807) is 18.2 Å². The molecule has 2 aromatic carbocycles. The molecule has 0 saturated heterocycles. The summed E-state index contributed by atoms with van der Waals surface area (Å²) in [7, 11) is 0. The van der Waals surface area contributed by atoms with Gasteiger partial charge in [0.1, 0.15) is 0 Å². The molecule has 1 N–H and O–H groups in total. The lowest BCUT2D eigenvalue weighted by molar-refractivity contribution is -0.121. The first-order valence-corrected chi connectivity index (χ1v) is 7.36. The molecule has 0 aliphatic carbocycles. The van der Waals surface area contributed by atoms with Crippen molar-refractivity contribution in [1.29, 1.82) is 0 Å². The number of carbonyl (C=O) groups excluding carboxylic acids is 1. The number of hydrogen-bond donors (Lipinski definition) is 1. The Balaban J connectivity index is 1.69. The molecule has 0 fully saturated rings. The lowest BCUT2D eigenvalue weighted by Gasteiger charge is -2.13. The fourth-order valence-electron chi connectivity index (χ4n) is 2.07. The molecule has 0 heterocycles. The molecule has 2 aromatic rings. The van der Waals surface area contributed by atoms with Crippen molar-refractivity contribution >= 4 is 5.91 Å². The van der Waals surface area contributed by atoms with Crippen molar-refractivity contribution in [2.75, 3.05) is 13.2 Å². The number of halogens is 1. The highest BCUT2D eigenvalue weighted by Crippen LogP contribution is 2.15. The Bertz CT molecular complexity index is 601. The van der Waals surface area contributed by atoms with Crippen LogP contribution in [0.25, 0.3) is 0 Å². The minimum absolute atomic E-state index is 0.0980. The molecule has 0 bridgehead atoms. The standard InChI is InChI=1S/C18H20FNO2/c1-14(15-7-3-2-4-8-15)13-20-18(21)11-12-22-17-10-6-5-9-16(17)19/h2-10,14H,11-13H2,1H3,(H,20,21). The normalized spacial score (nSPS) is 11.7. The Morgan fingerprint density at radius 2 is 1.82 bits per heavy atom. The summed E-state index contributed by atoms with van der Waals surface area (Å²) in [5.74, 6) is -0.0923. The summed E-state index contributed by atoms with van der Waals surface area (Å²) < 4.78 is 18.6. The Morgan fingerprint density at radius 3 is 2.55 bits per heavy atom. The summed E-state index contributed by atoms with van der Waals surface area (Å²) in [5, 5.41) is 2.87. The molecule has 2 rings (SSSR count). The maximum absolute atomic E-state index is 13.3. The molecule has 3 nitrogen and oxygen atoms in total. The second-order valence-corrected chi connectivity index (χ2v) is 5.14. The van der Waals surface area contributed by atoms with Crippen LogP contribution < -0.4 is 10.1 Å². The van der Waals surface area contributed by atoms with Crippen LogP contribution in [0.1, 0.15) is 24.8 Å². The third-order valence-corrected chi connectivity index (χ3v) is 3.40. The van der Waals surface area contributed by atoms with E-state index in [4.69, 9.17) is 4.74 Å². The van der Waals surface area contributed by atoms with Crippen LogP contribution in [0, 0.1) is 5.82 Å². The summed E-state index contributed by atoms with van der Waals surface area (Å²) in [5.41, 5.74) is 1.19. The van der Waals surface area contributed by atoms with Crippen LogP contribution in [0.15, 0.2) is 54.6 Å². The van der Waals surface area contributed by atoms with Gasteiger partial charge in [0.25, 0.3) is 0 Å². The van der Waals surface area contributed by atoms with Crippen molar-refractivity contribution in [1.82, 2.24) is 5.32 Å². The lowest BCUT2D eigenvalue weighted by Crippen LogP contribution is -2.28. The van der Waals surface area contributed by atoms with E-state index in [-0.39, 0.29) is 30.6 Å². The van der Waals surface area contributed by atoms with Crippen molar-refractivity contribution in [2.45, 2.75) is 19.3 Å². The average Bonchev–Trinajstić information content (AvgIpc) is 2.55. The van der Waals surface area contributed by atoms with Crippen LogP contribution in [-0.4, -0.2) is 19.1 Å². The minimum atomic E-state index is -0.416. The van der Waals surface area contributed by atoms with E-state index in [2.05, 4.69) is 12.2 Å². The minimum Gasteiger partial charge on any atom is -0.490 e. The predicted molar refractivity (Wildman–Crippen MR) is 84.4 cm³/mol. The summed E-state index contributed by atoms with van der Waals surface area (Å²) in [6, 6.07) is 16.2. The van der Waals surface area contributed by atoms with Gasteiger partial charge in [-0.05, 0) is 23.6 Å². The maximum Gasteiger partial charge on any atom is 0.223 e. The van der Waals surface area contributed by atoms with Crippen molar-refractivity contribution in [3.05, 3.63) is 66.0 Å². The van der Waals surface area contributed by atoms with E-state index in [9.17, 15) is 9.18 Å². The number of benzene rings is 2. The fraction of sp³-hybridized carbons (Fsp3) is 0.278. The van der Waals surface area contributed by atoms with Gasteiger partial charge in [0.05, 0.1) is 13.0 Å². The van der Waals surface area contributed by atoms with E-state index in [1.807, 2.05) is 30.3 Å². The average molecular weight is 301 g/mol. The highest BCUT2D eigenvalue weighted by Gasteiger charge is 2.08. The molecule has 1 atom stereocenters. The van der Waals surface area contributed by atoms with Gasteiger partial charge in [-0.15, -0.1) is 0 Å². The van der Waals surface area contributed by atoms with Gasteiger partial charge in [0, 0.05) is 6.54 Å². The Labute approximate surface area is 130 Å². The molecule has 1 amide bonds. The van der Waals surface area contributed by atoms with Gasteiger partial charge in [-0.25, -0.2) is 4.39 Å². The van der Waals surface area contributed by atoms with Gasteiger partial charge in [-0.2, -0.15) is 0 Å². The number of hydrogen-bond acceptors (Lipinski definition) is 2. The molecule has 116 valence electrons. The third kappa shape index (κ3) is 4.88. The van der Waals surface area contributed by atoms with Crippen molar-refractivity contribution in [2.24, 2.45) is 0 Å². The smallest absolute Gasteiger partial charge is 0.223 e. The number of nitrogens with one attached hydrogen (secondary N) is 1. The highest BCUT2D eigenvalue weighted by atomic mass is 19.1. The number of amides is 1. The molecular formula is C18H20FNO2. The summed E-state index contributed by atoms with van der Waals surface area (Å²) in [4.78, 5) is 11.8. The van der Waals surface area contributed by atoms with Crippen LogP contribution in [0.5, 0.6) is 5.75 Å². The molecule has 4 heteroatoms. The lowest BCUT2D eigenvalue weighted by atomic mass is 10.0. The topological polar surface area (TPSA) is 38.3 Å². The Kier molecular flexibility index (Phi) is 5.95.